The Balaban J connectivity index is 3.78. The van der Waals surface area contributed by atoms with Crippen molar-refractivity contribution < 1.29 is 17.8 Å². The molecule has 0 spiro atoms. The number of aldehydes is 1. The van der Waals surface area contributed by atoms with Gasteiger partial charge in [-0.1, -0.05) is 53.7 Å². The Kier molecular flexibility index (Phi) is 5.36. The second-order valence-corrected chi connectivity index (χ2v) is 19.1. The summed E-state index contributed by atoms with van der Waals surface area (Å²) in [6, 6.07) is 1.37. The van der Waals surface area contributed by atoms with Gasteiger partial charge < -0.3 is 8.85 Å². The molecule has 0 fully saturated rings. The molecule has 0 saturated carbocycles. The van der Waals surface area contributed by atoms with Crippen LogP contribution in [0.15, 0.2) is 24.2 Å². The second kappa shape index (κ2) is 7.73. The Hall–Kier alpha value is -1.34. The van der Waals surface area contributed by atoms with Crippen molar-refractivity contribution in [2.75, 3.05) is 0 Å². The summed E-state index contributed by atoms with van der Waals surface area (Å²) < 4.78 is 38.3. The number of rotatable bonds is 6. The first-order chi connectivity index (χ1) is 12.9. The molecule has 0 radical (unpaired) electrons. The van der Waals surface area contributed by atoms with E-state index in [1.54, 1.807) is 0 Å². The van der Waals surface area contributed by atoms with Gasteiger partial charge in [0.15, 0.2) is 0 Å². The highest BCUT2D eigenvalue weighted by Crippen LogP contribution is 2.43. The molecule has 1 aromatic rings. The first-order valence-corrected chi connectivity index (χ1v) is 14.8. The Labute approximate surface area is 166 Å². The highest BCUT2D eigenvalue weighted by Gasteiger charge is 2.42. The molecule has 0 aliphatic rings. The Morgan fingerprint density at radius 2 is 1.42 bits per heavy atom. The lowest BCUT2D eigenvalue weighted by Crippen LogP contribution is -2.45. The minimum absolute atomic E-state index is 0.0114. The molecule has 0 N–H and O–H groups in total. The monoisotopic (exact) mass is 395 g/mol. The summed E-state index contributed by atoms with van der Waals surface area (Å²) in [5.41, 5.74) is 0.193. The van der Waals surface area contributed by atoms with Crippen molar-refractivity contribution in [3.63, 3.8) is 0 Å². The van der Waals surface area contributed by atoms with Crippen LogP contribution >= 0.6 is 0 Å². The molecule has 1 rings (SSSR count). The summed E-state index contributed by atoms with van der Waals surface area (Å²) in [5, 5.41) is -0.207. The predicted molar refractivity (Wildman–Crippen MR) is 117 cm³/mol. The van der Waals surface area contributed by atoms with Crippen molar-refractivity contribution in [2.45, 2.75) is 77.8 Å². The van der Waals surface area contributed by atoms with E-state index in [9.17, 15) is 4.79 Å². The molecule has 146 valence electrons. The fourth-order valence-electron chi connectivity index (χ4n) is 1.58. The summed E-state index contributed by atoms with van der Waals surface area (Å²) >= 11 is 0. The van der Waals surface area contributed by atoms with Crippen molar-refractivity contribution >= 4 is 29.0 Å². The van der Waals surface area contributed by atoms with E-state index in [0.717, 1.165) is 6.08 Å². The smallest absolute Gasteiger partial charge is 0.250 e. The maximum absolute atomic E-state index is 10.8. The SMILES string of the molecule is [2H]/C(=C\C=O)c1cc([2H])c(O[Si](C)(C)C(C)(C)C)c(O[Si](C)(C)C(C)(C)C)c1[2H]. The van der Waals surface area contributed by atoms with E-state index in [-0.39, 0.29) is 45.3 Å². The van der Waals surface area contributed by atoms with Gasteiger partial charge in [-0.3, -0.25) is 4.79 Å². The quantitative estimate of drug-likeness (QED) is 0.306. The highest BCUT2D eigenvalue weighted by atomic mass is 28.4. The molecule has 1 aromatic carbocycles. The standard InChI is InChI=1S/C21H36O3Si2/c1-20(2,3)25(7,8)23-18-14-13-17(12-11-15-22)16-19(18)24-26(9,10)21(4,5)6/h11-16H,1-10H3/b12-11+/i12D,14D,16D. The van der Waals surface area contributed by atoms with Gasteiger partial charge in [0.05, 0.1) is 4.11 Å². The first-order valence-electron chi connectivity index (χ1n) is 10.5. The van der Waals surface area contributed by atoms with Crippen LogP contribution in [-0.2, 0) is 4.79 Å². The molecule has 0 bridgehead atoms. The van der Waals surface area contributed by atoms with Gasteiger partial charge >= 0.3 is 0 Å². The molecule has 0 saturated heterocycles. The van der Waals surface area contributed by atoms with E-state index in [0.29, 0.717) is 6.29 Å². The van der Waals surface area contributed by atoms with Gasteiger partial charge in [-0.15, -0.1) is 0 Å². The average Bonchev–Trinajstić information content (AvgIpc) is 2.51. The second-order valence-electron chi connectivity index (χ2n) is 9.66. The summed E-state index contributed by atoms with van der Waals surface area (Å²) in [6.45, 7) is 21.0. The van der Waals surface area contributed by atoms with E-state index in [4.69, 9.17) is 13.0 Å². The van der Waals surface area contributed by atoms with Crippen LogP contribution in [-0.4, -0.2) is 22.9 Å². The van der Waals surface area contributed by atoms with E-state index >= 15 is 0 Å². The Morgan fingerprint density at radius 1 is 0.962 bits per heavy atom. The van der Waals surface area contributed by atoms with Crippen LogP contribution in [0.1, 0.15) is 51.2 Å². The number of carbonyl (C=O) groups is 1. The summed E-state index contributed by atoms with van der Waals surface area (Å²) in [6.07, 6.45) is 1.59. The number of allylic oxidation sites excluding steroid dienone is 1. The fraction of sp³-hybridized carbons (Fsp3) is 0.571. The maximum Gasteiger partial charge on any atom is 0.250 e. The fourth-order valence-corrected chi connectivity index (χ4v) is 3.51. The predicted octanol–water partition coefficient (Wildman–Crippen LogP) is 6.67. The van der Waals surface area contributed by atoms with Gasteiger partial charge in [-0.2, -0.15) is 0 Å². The van der Waals surface area contributed by atoms with E-state index in [1.807, 2.05) is 0 Å². The molecule has 0 atom stereocenters. The molecule has 0 heterocycles. The zero-order valence-corrected chi connectivity index (χ0v) is 20.0. The first kappa shape index (κ1) is 18.0. The molecule has 0 aliphatic carbocycles. The zero-order chi connectivity index (χ0) is 23.0. The van der Waals surface area contributed by atoms with Crippen LogP contribution in [0.4, 0.5) is 0 Å². The van der Waals surface area contributed by atoms with Crippen LogP contribution in [0, 0.1) is 0 Å². The van der Waals surface area contributed by atoms with Crippen LogP contribution in [0.25, 0.3) is 6.05 Å². The minimum atomic E-state index is -2.35. The number of hydrogen-bond donors (Lipinski definition) is 0. The van der Waals surface area contributed by atoms with E-state index in [2.05, 4.69) is 67.7 Å². The van der Waals surface area contributed by atoms with Gasteiger partial charge in [-0.05, 0) is 60.0 Å². The number of benzene rings is 1. The third-order valence-corrected chi connectivity index (χ3v) is 14.1. The molecule has 26 heavy (non-hydrogen) atoms. The summed E-state index contributed by atoms with van der Waals surface area (Å²) in [7, 11) is -4.65. The molecular weight excluding hydrogens is 356 g/mol. The molecule has 3 nitrogen and oxygen atoms in total. The van der Waals surface area contributed by atoms with Crippen molar-refractivity contribution in [1.82, 2.24) is 0 Å². The molecule has 0 aliphatic heterocycles. The van der Waals surface area contributed by atoms with Crippen molar-refractivity contribution in [1.29, 1.82) is 0 Å². The zero-order valence-electron chi connectivity index (χ0n) is 21.0. The maximum atomic E-state index is 10.8. The largest absolute Gasteiger partial charge is 0.541 e. The van der Waals surface area contributed by atoms with Crippen LogP contribution in [0.5, 0.6) is 11.5 Å². The molecule has 5 heteroatoms. The van der Waals surface area contributed by atoms with Gasteiger partial charge in [-0.25, -0.2) is 0 Å². The van der Waals surface area contributed by atoms with Gasteiger partial charge in [0, 0.05) is 0 Å². The van der Waals surface area contributed by atoms with E-state index < -0.39 is 16.6 Å². The third-order valence-electron chi connectivity index (χ3n) is 5.44. The summed E-state index contributed by atoms with van der Waals surface area (Å²) in [5.74, 6) is 0.488. The number of carbonyl (C=O) groups excluding carboxylic acids is 1. The highest BCUT2D eigenvalue weighted by molar-refractivity contribution is 6.75. The average molecular weight is 396 g/mol. The van der Waals surface area contributed by atoms with Crippen LogP contribution in [0.2, 0.25) is 36.3 Å². The van der Waals surface area contributed by atoms with Crippen LogP contribution < -0.4 is 8.85 Å². The van der Waals surface area contributed by atoms with Crippen molar-refractivity contribution in [2.24, 2.45) is 0 Å². The molecule has 0 aromatic heterocycles. The third kappa shape index (κ3) is 5.58. The Morgan fingerprint density at radius 3 is 1.85 bits per heavy atom. The topological polar surface area (TPSA) is 35.5 Å². The molecule has 0 amide bonds. The number of hydrogen-bond acceptors (Lipinski definition) is 3. The van der Waals surface area contributed by atoms with Gasteiger partial charge in [0.25, 0.3) is 16.6 Å². The Bertz CT molecular complexity index is 805. The minimum Gasteiger partial charge on any atom is -0.541 e. The van der Waals surface area contributed by atoms with E-state index in [1.165, 1.54) is 6.07 Å². The molecule has 0 unspecified atom stereocenters. The van der Waals surface area contributed by atoms with Crippen LogP contribution in [0.3, 0.4) is 0 Å². The molecular formula is C21H36O3Si2. The van der Waals surface area contributed by atoms with Crippen molar-refractivity contribution in [3.05, 3.63) is 29.8 Å². The lowest BCUT2D eigenvalue weighted by atomic mass is 10.2. The normalized spacial score (nSPS) is 15.8. The summed E-state index contributed by atoms with van der Waals surface area (Å²) in [4.78, 5) is 10.8. The van der Waals surface area contributed by atoms with Crippen molar-refractivity contribution in [3.8, 4) is 11.5 Å². The lowest BCUT2D eigenvalue weighted by molar-refractivity contribution is -0.104. The lowest BCUT2D eigenvalue weighted by Gasteiger charge is -2.39. The van der Waals surface area contributed by atoms with Gasteiger partial charge in [0.2, 0.25) is 0 Å². The van der Waals surface area contributed by atoms with Gasteiger partial charge in [0.1, 0.15) is 17.8 Å².